The van der Waals surface area contributed by atoms with Crippen LogP contribution in [0.4, 0.5) is 0 Å². The predicted molar refractivity (Wildman–Crippen MR) is 82.2 cm³/mol. The summed E-state index contributed by atoms with van der Waals surface area (Å²) >= 11 is 0. The first-order valence-electron chi connectivity index (χ1n) is 7.10. The number of para-hydroxylation sites is 1. The third-order valence-electron chi connectivity index (χ3n) is 3.24. The Morgan fingerprint density at radius 3 is 2.00 bits per heavy atom. The summed E-state index contributed by atoms with van der Waals surface area (Å²) in [6, 6.07) is 20.1. The van der Waals surface area contributed by atoms with Gasteiger partial charge < -0.3 is 4.42 Å². The van der Waals surface area contributed by atoms with Crippen LogP contribution in [0.1, 0.15) is 26.7 Å². The number of nitrogens with zero attached hydrogens (tertiary/aromatic N) is 2. The fourth-order valence-corrected chi connectivity index (χ4v) is 2.20. The van der Waals surface area contributed by atoms with E-state index in [1.54, 1.807) is 0 Å². The van der Waals surface area contributed by atoms with E-state index in [4.69, 9.17) is 4.42 Å². The second kappa shape index (κ2) is 5.17. The van der Waals surface area contributed by atoms with E-state index in [-0.39, 0.29) is 5.41 Å². The third kappa shape index (κ3) is 2.72. The minimum absolute atomic E-state index is 0.129. The van der Waals surface area contributed by atoms with Crippen molar-refractivity contribution in [1.29, 1.82) is 0 Å². The summed E-state index contributed by atoms with van der Waals surface area (Å²) in [6.07, 6.45) is 0. The van der Waals surface area contributed by atoms with Crippen molar-refractivity contribution in [2.75, 3.05) is 0 Å². The van der Waals surface area contributed by atoms with Crippen LogP contribution in [0, 0.1) is 0 Å². The van der Waals surface area contributed by atoms with Gasteiger partial charge in [-0.15, -0.1) is 0 Å². The molecular weight excluding hydrogens is 260 g/mol. The van der Waals surface area contributed by atoms with Gasteiger partial charge in [0.05, 0.1) is 5.41 Å². The molecule has 0 N–H and O–H groups in total. The van der Waals surface area contributed by atoms with Crippen LogP contribution >= 0.6 is 0 Å². The molecule has 0 fully saturated rings. The fraction of sp³-hybridized carbons (Fsp3) is 0.222. The summed E-state index contributed by atoms with van der Waals surface area (Å²) in [5.74, 6) is 1.48. The molecule has 0 bridgehead atoms. The summed E-state index contributed by atoms with van der Waals surface area (Å²) in [5.41, 5.74) is 1.86. The van der Waals surface area contributed by atoms with E-state index in [0.29, 0.717) is 5.89 Å². The number of benzene rings is 2. The van der Waals surface area contributed by atoms with Gasteiger partial charge in [0.2, 0.25) is 5.69 Å². The molecule has 0 aliphatic rings. The molecule has 0 radical (unpaired) electrons. The lowest BCUT2D eigenvalue weighted by molar-refractivity contribution is -0.671. The predicted octanol–water partition coefficient (Wildman–Crippen LogP) is 3.92. The summed E-state index contributed by atoms with van der Waals surface area (Å²) in [7, 11) is 0. The molecule has 0 amide bonds. The molecule has 1 aromatic heterocycles. The number of hydrogen-bond acceptors (Lipinski definition) is 2. The lowest BCUT2D eigenvalue weighted by Crippen LogP contribution is -2.41. The lowest BCUT2D eigenvalue weighted by Gasteiger charge is -2.08. The Kier molecular flexibility index (Phi) is 3.34. The molecule has 3 heteroatoms. The Hall–Kier alpha value is -2.42. The van der Waals surface area contributed by atoms with E-state index in [9.17, 15) is 0 Å². The van der Waals surface area contributed by atoms with Crippen LogP contribution in [0.15, 0.2) is 65.1 Å². The molecular formula is C18H19N2O+. The molecule has 0 spiro atoms. The van der Waals surface area contributed by atoms with Crippen molar-refractivity contribution in [1.82, 2.24) is 5.10 Å². The molecule has 106 valence electrons. The normalized spacial score (nSPS) is 11.6. The second-order valence-electron chi connectivity index (χ2n) is 6.08. The zero-order valence-electron chi connectivity index (χ0n) is 12.6. The zero-order chi connectivity index (χ0) is 14.9. The fourth-order valence-electron chi connectivity index (χ4n) is 2.20. The van der Waals surface area contributed by atoms with Gasteiger partial charge in [0.1, 0.15) is 0 Å². The average molecular weight is 279 g/mol. The molecule has 0 aliphatic carbocycles. The molecule has 0 saturated heterocycles. The standard InChI is InChI=1S/C18H19N2O/c1-18(2,3)17-20(15-12-8-5-9-13-15)19-16(21-17)14-10-6-4-7-11-14/h4-13H,1-3H3/q+1. The van der Waals surface area contributed by atoms with Crippen molar-refractivity contribution in [2.24, 2.45) is 0 Å². The largest absolute Gasteiger partial charge is 0.386 e. The maximum Gasteiger partial charge on any atom is 0.386 e. The Balaban J connectivity index is 2.17. The van der Waals surface area contributed by atoms with Crippen molar-refractivity contribution in [3.8, 4) is 17.1 Å². The van der Waals surface area contributed by atoms with E-state index in [1.807, 2.05) is 65.3 Å². The number of rotatable bonds is 2. The Bertz CT molecular complexity index is 725. The van der Waals surface area contributed by atoms with Crippen molar-refractivity contribution >= 4 is 0 Å². The summed E-state index contributed by atoms with van der Waals surface area (Å²) in [5, 5.41) is 4.67. The molecule has 1 heterocycles. The highest BCUT2D eigenvalue weighted by atomic mass is 16.4. The van der Waals surface area contributed by atoms with Crippen LogP contribution in [0.5, 0.6) is 0 Å². The SMILES string of the molecule is CC(C)(C)c1oc(-c2ccccc2)n[n+]1-c1ccccc1. The summed E-state index contributed by atoms with van der Waals surface area (Å²) in [4.78, 5) is 0. The van der Waals surface area contributed by atoms with E-state index in [1.165, 1.54) is 0 Å². The van der Waals surface area contributed by atoms with Crippen LogP contribution in [0.2, 0.25) is 0 Å². The van der Waals surface area contributed by atoms with Gasteiger partial charge in [0.25, 0.3) is 5.89 Å². The van der Waals surface area contributed by atoms with Crippen LogP contribution in [-0.2, 0) is 5.41 Å². The highest BCUT2D eigenvalue weighted by Gasteiger charge is 2.35. The molecule has 0 aliphatic heterocycles. The molecule has 0 unspecified atom stereocenters. The van der Waals surface area contributed by atoms with Gasteiger partial charge in [0, 0.05) is 22.8 Å². The zero-order valence-corrected chi connectivity index (χ0v) is 12.6. The van der Waals surface area contributed by atoms with Gasteiger partial charge in [0.15, 0.2) is 0 Å². The first-order valence-corrected chi connectivity index (χ1v) is 7.10. The van der Waals surface area contributed by atoms with Gasteiger partial charge in [-0.2, -0.15) is 0 Å². The molecule has 21 heavy (non-hydrogen) atoms. The van der Waals surface area contributed by atoms with Crippen LogP contribution in [0.25, 0.3) is 17.1 Å². The lowest BCUT2D eigenvalue weighted by atomic mass is 9.96. The maximum atomic E-state index is 6.07. The van der Waals surface area contributed by atoms with Crippen LogP contribution in [-0.4, -0.2) is 5.10 Å². The molecule has 2 aromatic carbocycles. The van der Waals surface area contributed by atoms with E-state index < -0.39 is 0 Å². The van der Waals surface area contributed by atoms with Crippen LogP contribution < -0.4 is 4.68 Å². The minimum Gasteiger partial charge on any atom is -0.380 e. The second-order valence-corrected chi connectivity index (χ2v) is 6.08. The summed E-state index contributed by atoms with van der Waals surface area (Å²) < 4.78 is 7.96. The average Bonchev–Trinajstić information content (AvgIpc) is 2.94. The quantitative estimate of drug-likeness (QED) is 0.666. The minimum atomic E-state index is -0.129. The first-order chi connectivity index (χ1) is 10.1. The molecule has 3 rings (SSSR count). The Morgan fingerprint density at radius 2 is 1.43 bits per heavy atom. The van der Waals surface area contributed by atoms with Crippen LogP contribution in [0.3, 0.4) is 0 Å². The van der Waals surface area contributed by atoms with E-state index >= 15 is 0 Å². The Morgan fingerprint density at radius 1 is 0.857 bits per heavy atom. The highest BCUT2D eigenvalue weighted by Crippen LogP contribution is 2.25. The van der Waals surface area contributed by atoms with Gasteiger partial charge in [-0.05, 0) is 37.6 Å². The van der Waals surface area contributed by atoms with Gasteiger partial charge in [-0.3, -0.25) is 0 Å². The van der Waals surface area contributed by atoms with Crippen molar-refractivity contribution in [3.63, 3.8) is 0 Å². The molecule has 0 saturated carbocycles. The van der Waals surface area contributed by atoms with Crippen molar-refractivity contribution < 1.29 is 9.10 Å². The topological polar surface area (TPSA) is 29.9 Å². The molecule has 3 aromatic rings. The van der Waals surface area contributed by atoms with Gasteiger partial charge in [-0.25, -0.2) is 0 Å². The number of aromatic nitrogens is 2. The summed E-state index contributed by atoms with van der Waals surface area (Å²) in [6.45, 7) is 6.38. The smallest absolute Gasteiger partial charge is 0.380 e. The van der Waals surface area contributed by atoms with Crippen molar-refractivity contribution in [2.45, 2.75) is 26.2 Å². The first kappa shape index (κ1) is 13.6. The number of hydrogen-bond donors (Lipinski definition) is 0. The Labute approximate surface area is 124 Å². The van der Waals surface area contributed by atoms with Crippen molar-refractivity contribution in [3.05, 3.63) is 66.6 Å². The maximum absolute atomic E-state index is 6.07. The van der Waals surface area contributed by atoms with Gasteiger partial charge in [-0.1, -0.05) is 36.4 Å². The monoisotopic (exact) mass is 279 g/mol. The third-order valence-corrected chi connectivity index (χ3v) is 3.24. The van der Waals surface area contributed by atoms with E-state index in [2.05, 4.69) is 25.9 Å². The highest BCUT2D eigenvalue weighted by molar-refractivity contribution is 5.51. The van der Waals surface area contributed by atoms with E-state index in [0.717, 1.165) is 17.1 Å². The molecule has 3 nitrogen and oxygen atoms in total. The van der Waals surface area contributed by atoms with Gasteiger partial charge >= 0.3 is 5.89 Å². The molecule has 0 atom stereocenters.